The number of carbonyl (C=O) groups is 2. The zero-order chi connectivity index (χ0) is 18.0. The van der Waals surface area contributed by atoms with Gasteiger partial charge in [-0.25, -0.2) is 9.37 Å². The van der Waals surface area contributed by atoms with Crippen molar-refractivity contribution < 1.29 is 14.0 Å². The lowest BCUT2D eigenvalue weighted by molar-refractivity contribution is 0.101. The van der Waals surface area contributed by atoms with Crippen molar-refractivity contribution in [1.29, 1.82) is 0 Å². The molecule has 0 saturated heterocycles. The maximum Gasteiger partial charge on any atom is 0.260 e. The van der Waals surface area contributed by atoms with Crippen molar-refractivity contribution in [3.63, 3.8) is 0 Å². The molecule has 1 aromatic heterocycles. The Labute approximate surface area is 148 Å². The fourth-order valence-corrected chi connectivity index (χ4v) is 2.58. The summed E-state index contributed by atoms with van der Waals surface area (Å²) in [7, 11) is 1.73. The van der Waals surface area contributed by atoms with Crippen LogP contribution in [0.1, 0.15) is 26.5 Å². The Morgan fingerprint density at radius 2 is 1.88 bits per heavy atom. The number of carbonyl (C=O) groups excluding carboxylic acids is 2. The SMILES string of the molecule is Cn1ccnc1C(=O)c1ccc(NC(=O)c2c(F)cccc2Cl)cc1. The second-order valence-electron chi connectivity index (χ2n) is 5.32. The van der Waals surface area contributed by atoms with E-state index in [1.54, 1.807) is 48.3 Å². The van der Waals surface area contributed by atoms with Gasteiger partial charge < -0.3 is 9.88 Å². The van der Waals surface area contributed by atoms with E-state index >= 15 is 0 Å². The summed E-state index contributed by atoms with van der Waals surface area (Å²) in [5.41, 5.74) is 0.620. The number of nitrogens with zero attached hydrogens (tertiary/aromatic N) is 2. The first-order chi connectivity index (χ1) is 12.0. The van der Waals surface area contributed by atoms with Crippen LogP contribution in [0.4, 0.5) is 10.1 Å². The second-order valence-corrected chi connectivity index (χ2v) is 5.73. The number of imidazole rings is 1. The van der Waals surface area contributed by atoms with Crippen molar-refractivity contribution in [2.24, 2.45) is 7.05 Å². The fraction of sp³-hybridized carbons (Fsp3) is 0.0556. The third-order valence-corrected chi connectivity index (χ3v) is 3.93. The van der Waals surface area contributed by atoms with Gasteiger partial charge in [0.05, 0.1) is 10.6 Å². The van der Waals surface area contributed by atoms with E-state index < -0.39 is 11.7 Å². The Balaban J connectivity index is 1.78. The summed E-state index contributed by atoms with van der Waals surface area (Å²) < 4.78 is 15.4. The van der Waals surface area contributed by atoms with Gasteiger partial charge in [0.2, 0.25) is 5.78 Å². The van der Waals surface area contributed by atoms with Crippen LogP contribution in [-0.2, 0) is 7.05 Å². The number of hydrogen-bond acceptors (Lipinski definition) is 3. The van der Waals surface area contributed by atoms with Gasteiger partial charge >= 0.3 is 0 Å². The highest BCUT2D eigenvalue weighted by Crippen LogP contribution is 2.21. The van der Waals surface area contributed by atoms with Gasteiger partial charge in [-0.3, -0.25) is 9.59 Å². The highest BCUT2D eigenvalue weighted by atomic mass is 35.5. The molecule has 25 heavy (non-hydrogen) atoms. The molecule has 0 aliphatic heterocycles. The molecule has 7 heteroatoms. The quantitative estimate of drug-likeness (QED) is 0.724. The topological polar surface area (TPSA) is 64.0 Å². The highest BCUT2D eigenvalue weighted by Gasteiger charge is 2.17. The van der Waals surface area contributed by atoms with Crippen molar-refractivity contribution in [3.8, 4) is 0 Å². The van der Waals surface area contributed by atoms with Crippen molar-refractivity contribution in [2.75, 3.05) is 5.32 Å². The van der Waals surface area contributed by atoms with Crippen LogP contribution in [0.2, 0.25) is 5.02 Å². The lowest BCUT2D eigenvalue weighted by Gasteiger charge is -2.08. The Hall–Kier alpha value is -2.99. The lowest BCUT2D eigenvalue weighted by atomic mass is 10.1. The predicted molar refractivity (Wildman–Crippen MR) is 92.4 cm³/mol. The number of rotatable bonds is 4. The number of aryl methyl sites for hydroxylation is 1. The second kappa shape index (κ2) is 6.86. The zero-order valence-electron chi connectivity index (χ0n) is 13.2. The van der Waals surface area contributed by atoms with E-state index in [-0.39, 0.29) is 16.4 Å². The molecule has 0 spiro atoms. The van der Waals surface area contributed by atoms with Gasteiger partial charge in [-0.15, -0.1) is 0 Å². The fourth-order valence-electron chi connectivity index (χ4n) is 2.33. The molecule has 0 saturated carbocycles. The summed E-state index contributed by atoms with van der Waals surface area (Å²) in [5.74, 6) is -1.28. The molecule has 1 amide bonds. The first-order valence-corrected chi connectivity index (χ1v) is 7.72. The van der Waals surface area contributed by atoms with Crippen LogP contribution in [0.3, 0.4) is 0 Å². The molecule has 126 valence electrons. The summed E-state index contributed by atoms with van der Waals surface area (Å²) in [6.07, 6.45) is 3.22. The molecule has 0 atom stereocenters. The number of aromatic nitrogens is 2. The van der Waals surface area contributed by atoms with Crippen LogP contribution in [0.5, 0.6) is 0 Å². The van der Waals surface area contributed by atoms with Crippen molar-refractivity contribution >= 4 is 29.0 Å². The average molecular weight is 358 g/mol. The summed E-state index contributed by atoms with van der Waals surface area (Å²) in [6.45, 7) is 0. The molecule has 0 aliphatic rings. The monoisotopic (exact) mass is 357 g/mol. The minimum atomic E-state index is -0.702. The maximum atomic E-state index is 13.8. The molecule has 3 rings (SSSR count). The van der Waals surface area contributed by atoms with Crippen LogP contribution in [-0.4, -0.2) is 21.2 Å². The van der Waals surface area contributed by atoms with Gasteiger partial charge in [0.1, 0.15) is 5.82 Å². The Bertz CT molecular complexity index is 931. The number of anilines is 1. The van der Waals surface area contributed by atoms with Gasteiger partial charge in [0.15, 0.2) is 5.82 Å². The maximum absolute atomic E-state index is 13.8. The summed E-state index contributed by atoms with van der Waals surface area (Å²) in [6, 6.07) is 10.3. The van der Waals surface area contributed by atoms with E-state index in [4.69, 9.17) is 11.6 Å². The molecule has 0 bridgehead atoms. The number of ketones is 1. The minimum absolute atomic E-state index is 0.0269. The Morgan fingerprint density at radius 3 is 2.48 bits per heavy atom. The molecule has 2 aromatic carbocycles. The molecular weight excluding hydrogens is 345 g/mol. The van der Waals surface area contributed by atoms with Gasteiger partial charge in [-0.05, 0) is 36.4 Å². The van der Waals surface area contributed by atoms with E-state index in [1.165, 1.54) is 12.1 Å². The van der Waals surface area contributed by atoms with Crippen molar-refractivity contribution in [2.45, 2.75) is 0 Å². The van der Waals surface area contributed by atoms with E-state index in [1.807, 2.05) is 0 Å². The van der Waals surface area contributed by atoms with E-state index in [2.05, 4.69) is 10.3 Å². The van der Waals surface area contributed by atoms with E-state index in [0.717, 1.165) is 6.07 Å². The number of nitrogens with one attached hydrogen (secondary N) is 1. The van der Waals surface area contributed by atoms with Gasteiger partial charge in [-0.1, -0.05) is 17.7 Å². The molecule has 0 radical (unpaired) electrons. The number of amides is 1. The zero-order valence-corrected chi connectivity index (χ0v) is 13.9. The molecule has 1 heterocycles. The molecule has 3 aromatic rings. The van der Waals surface area contributed by atoms with Gasteiger partial charge in [0.25, 0.3) is 5.91 Å². The number of hydrogen-bond donors (Lipinski definition) is 1. The van der Waals surface area contributed by atoms with Crippen molar-refractivity contribution in [3.05, 3.63) is 82.6 Å². The third-order valence-electron chi connectivity index (χ3n) is 3.62. The Kier molecular flexibility index (Phi) is 4.63. The third kappa shape index (κ3) is 3.44. The molecule has 0 aliphatic carbocycles. The number of halogens is 2. The van der Waals surface area contributed by atoms with E-state index in [0.29, 0.717) is 17.1 Å². The van der Waals surface area contributed by atoms with Crippen LogP contribution < -0.4 is 5.32 Å². The van der Waals surface area contributed by atoms with Crippen LogP contribution in [0, 0.1) is 5.82 Å². The smallest absolute Gasteiger partial charge is 0.260 e. The van der Waals surface area contributed by atoms with Gasteiger partial charge in [0, 0.05) is 30.7 Å². The molecular formula is C18H13ClFN3O2. The molecule has 1 N–H and O–H groups in total. The minimum Gasteiger partial charge on any atom is -0.331 e. The first kappa shape index (κ1) is 16.9. The van der Waals surface area contributed by atoms with Crippen LogP contribution >= 0.6 is 11.6 Å². The van der Waals surface area contributed by atoms with Crippen molar-refractivity contribution in [1.82, 2.24) is 9.55 Å². The van der Waals surface area contributed by atoms with Crippen LogP contribution in [0.25, 0.3) is 0 Å². The highest BCUT2D eigenvalue weighted by molar-refractivity contribution is 6.34. The lowest BCUT2D eigenvalue weighted by Crippen LogP contribution is -2.14. The predicted octanol–water partition coefficient (Wildman–Crippen LogP) is 3.70. The summed E-state index contributed by atoms with van der Waals surface area (Å²) in [5, 5.41) is 2.58. The standard InChI is InChI=1S/C18H13ClFN3O2/c1-23-10-9-21-17(23)16(24)11-5-7-12(8-6-11)22-18(25)15-13(19)3-2-4-14(15)20/h2-10H,1H3,(H,22,25). The molecule has 0 unspecified atom stereocenters. The normalized spacial score (nSPS) is 10.5. The first-order valence-electron chi connectivity index (χ1n) is 7.35. The molecule has 0 fully saturated rings. The van der Waals surface area contributed by atoms with Gasteiger partial charge in [-0.2, -0.15) is 0 Å². The van der Waals surface area contributed by atoms with Crippen LogP contribution in [0.15, 0.2) is 54.9 Å². The summed E-state index contributed by atoms with van der Waals surface area (Å²) in [4.78, 5) is 28.5. The summed E-state index contributed by atoms with van der Waals surface area (Å²) >= 11 is 5.87. The van der Waals surface area contributed by atoms with E-state index in [9.17, 15) is 14.0 Å². The average Bonchev–Trinajstić information content (AvgIpc) is 3.01. The Morgan fingerprint density at radius 1 is 1.16 bits per heavy atom. The molecule has 5 nitrogen and oxygen atoms in total. The number of benzene rings is 2. The largest absolute Gasteiger partial charge is 0.331 e.